The molecule has 5 N–H and O–H groups in total. The van der Waals surface area contributed by atoms with E-state index in [1.54, 1.807) is 17.4 Å². The number of piperazine rings is 1. The first-order chi connectivity index (χ1) is 16.7. The van der Waals surface area contributed by atoms with E-state index in [1.807, 2.05) is 29.7 Å². The molecule has 10 heteroatoms. The molecule has 1 aliphatic carbocycles. The number of nitrogens with zero attached hydrogens (tertiary/aromatic N) is 5. The Kier molecular flexibility index (Phi) is 5.45. The summed E-state index contributed by atoms with van der Waals surface area (Å²) in [5.41, 5.74) is 5.07. The highest BCUT2D eigenvalue weighted by Crippen LogP contribution is 2.37. The summed E-state index contributed by atoms with van der Waals surface area (Å²) < 4.78 is 0. The lowest BCUT2D eigenvalue weighted by Crippen LogP contribution is -2.77. The van der Waals surface area contributed by atoms with E-state index in [-0.39, 0.29) is 0 Å². The van der Waals surface area contributed by atoms with E-state index in [0.29, 0.717) is 23.7 Å². The second-order valence-corrected chi connectivity index (χ2v) is 10.2. The maximum atomic E-state index is 9.08. The minimum absolute atomic E-state index is 0.320. The lowest BCUT2D eigenvalue weighted by molar-refractivity contribution is -0.499. The number of rotatable bonds is 7. The molecule has 1 saturated carbocycles. The fourth-order valence-electron chi connectivity index (χ4n) is 4.75. The summed E-state index contributed by atoms with van der Waals surface area (Å²) in [6.07, 6.45) is 13.4. The van der Waals surface area contributed by atoms with E-state index in [2.05, 4.69) is 31.8 Å². The van der Waals surface area contributed by atoms with Crippen LogP contribution in [0.25, 0.3) is 16.3 Å². The van der Waals surface area contributed by atoms with E-state index in [1.165, 1.54) is 25.7 Å². The highest BCUT2D eigenvalue weighted by atomic mass is 32.1. The molecular formula is C24H26N9S+. The average Bonchev–Trinajstić information content (AvgIpc) is 3.23. The highest BCUT2D eigenvalue weighted by Gasteiger charge is 2.34. The zero-order valence-corrected chi connectivity index (χ0v) is 19.5. The van der Waals surface area contributed by atoms with Crippen molar-refractivity contribution in [2.75, 3.05) is 23.3 Å². The molecule has 172 valence electrons. The Bertz CT molecular complexity index is 1250. The number of nitrogens with one attached hydrogen (secondary N) is 3. The van der Waals surface area contributed by atoms with E-state index in [4.69, 9.17) is 15.7 Å². The fourth-order valence-corrected chi connectivity index (χ4v) is 5.64. The van der Waals surface area contributed by atoms with Crippen molar-refractivity contribution in [2.45, 2.75) is 43.8 Å². The molecule has 2 bridgehead atoms. The number of aromatic nitrogens is 3. The summed E-state index contributed by atoms with van der Waals surface area (Å²) in [6, 6.07) is 5.73. The Hall–Kier alpha value is -3.39. The van der Waals surface area contributed by atoms with Gasteiger partial charge in [0, 0.05) is 67.5 Å². The molecule has 0 radical (unpaired) electrons. The molecule has 2 unspecified atom stereocenters. The van der Waals surface area contributed by atoms with Crippen LogP contribution in [0, 0.1) is 16.7 Å². The molecule has 0 amide bonds. The van der Waals surface area contributed by atoms with Gasteiger partial charge in [-0.3, -0.25) is 5.32 Å². The number of hydrogen-bond donors (Lipinski definition) is 4. The van der Waals surface area contributed by atoms with E-state index in [0.717, 1.165) is 57.8 Å². The highest BCUT2D eigenvalue weighted by molar-refractivity contribution is 7.18. The summed E-state index contributed by atoms with van der Waals surface area (Å²) in [5, 5.41) is 36.7. The van der Waals surface area contributed by atoms with Crippen molar-refractivity contribution in [3.8, 4) is 16.6 Å². The monoisotopic (exact) mass is 472 g/mol. The quantitative estimate of drug-likeness (QED) is 0.358. The molecule has 6 rings (SSSR count). The first-order valence-corrected chi connectivity index (χ1v) is 12.5. The SMILES string of the molecule is N#C/C(C=N)=C/C1=CC=C(c2cc(NC3CC3)c(-c3nnc(N4CC5CCC(C4)N5)s3)cn2)[NH2+]1. The van der Waals surface area contributed by atoms with Gasteiger partial charge in [-0.25, -0.2) is 4.98 Å². The summed E-state index contributed by atoms with van der Waals surface area (Å²) in [5.74, 6) is 0. The fraction of sp³-hybridized carbons (Fsp3) is 0.375. The van der Waals surface area contributed by atoms with Gasteiger partial charge in [0.1, 0.15) is 17.5 Å². The maximum absolute atomic E-state index is 9.08. The molecule has 2 aromatic heterocycles. The Balaban J connectivity index is 1.24. The molecular weight excluding hydrogens is 446 g/mol. The van der Waals surface area contributed by atoms with E-state index >= 15 is 0 Å². The predicted octanol–water partition coefficient (Wildman–Crippen LogP) is 2.02. The van der Waals surface area contributed by atoms with Crippen molar-refractivity contribution < 1.29 is 5.32 Å². The minimum Gasteiger partial charge on any atom is -0.382 e. The zero-order chi connectivity index (χ0) is 23.1. The van der Waals surface area contributed by atoms with Gasteiger partial charge in [-0.2, -0.15) is 5.26 Å². The Morgan fingerprint density at radius 2 is 2.06 bits per heavy atom. The summed E-state index contributed by atoms with van der Waals surface area (Å²) >= 11 is 1.64. The molecule has 0 spiro atoms. The van der Waals surface area contributed by atoms with E-state index in [9.17, 15) is 0 Å². The van der Waals surface area contributed by atoms with Crippen molar-refractivity contribution in [1.82, 2.24) is 20.5 Å². The number of pyridine rings is 1. The molecule has 2 atom stereocenters. The van der Waals surface area contributed by atoms with Crippen molar-refractivity contribution in [3.63, 3.8) is 0 Å². The predicted molar refractivity (Wildman–Crippen MR) is 132 cm³/mol. The van der Waals surface area contributed by atoms with Gasteiger partial charge in [0.2, 0.25) is 5.13 Å². The number of allylic oxidation sites excluding steroid dienone is 4. The van der Waals surface area contributed by atoms with Gasteiger partial charge in [-0.1, -0.05) is 11.3 Å². The van der Waals surface area contributed by atoms with Crippen molar-refractivity contribution in [3.05, 3.63) is 47.5 Å². The number of anilines is 2. The lowest BCUT2D eigenvalue weighted by Gasteiger charge is -2.32. The molecule has 5 heterocycles. The van der Waals surface area contributed by atoms with E-state index < -0.39 is 0 Å². The van der Waals surface area contributed by atoms with Crippen LogP contribution < -0.4 is 20.9 Å². The zero-order valence-electron chi connectivity index (χ0n) is 18.7. The molecule has 4 aliphatic rings. The van der Waals surface area contributed by atoms with Crippen LogP contribution in [0.5, 0.6) is 0 Å². The molecule has 0 aromatic carbocycles. The van der Waals surface area contributed by atoms with Gasteiger partial charge in [0.05, 0.1) is 11.1 Å². The van der Waals surface area contributed by atoms with Crippen LogP contribution in [0.2, 0.25) is 0 Å². The van der Waals surface area contributed by atoms with Crippen molar-refractivity contribution >= 4 is 34.1 Å². The number of fused-ring (bicyclic) bond motifs is 2. The smallest absolute Gasteiger partial charge is 0.208 e. The summed E-state index contributed by atoms with van der Waals surface area (Å²) in [7, 11) is 0. The third kappa shape index (κ3) is 4.25. The van der Waals surface area contributed by atoms with Crippen LogP contribution >= 0.6 is 11.3 Å². The number of hydrogen-bond acceptors (Lipinski definition) is 9. The standard InChI is InChI=1S/C24H25N9S/c25-9-14(10-26)7-16-5-6-20(30-16)22-8-21(29-15-1-2-15)19(11-27-22)23-31-32-24(34-23)33-12-17-3-4-18(13-33)28-17/h5-9,11,15,17-18,25,28,30H,1-4,12-13H2,(H,27,29)/p+1/b14-7+,25-9?. The number of nitrogens with two attached hydrogens (primary N) is 1. The van der Waals surface area contributed by atoms with Gasteiger partial charge < -0.3 is 20.9 Å². The topological polar surface area (TPSA) is 130 Å². The van der Waals surface area contributed by atoms with Crippen LogP contribution in [-0.2, 0) is 0 Å². The van der Waals surface area contributed by atoms with Crippen molar-refractivity contribution in [2.24, 2.45) is 0 Å². The first-order valence-electron chi connectivity index (χ1n) is 11.7. The molecule has 2 aromatic rings. The van der Waals surface area contributed by atoms with Crippen LogP contribution in [-0.4, -0.2) is 52.6 Å². The average molecular weight is 473 g/mol. The Morgan fingerprint density at radius 3 is 2.79 bits per heavy atom. The third-order valence-electron chi connectivity index (χ3n) is 6.65. The first kappa shape index (κ1) is 21.2. The normalized spacial score (nSPS) is 24.0. The molecule has 3 fully saturated rings. The van der Waals surface area contributed by atoms with Crippen LogP contribution in [0.15, 0.2) is 41.8 Å². The lowest BCUT2D eigenvalue weighted by atomic mass is 10.2. The van der Waals surface area contributed by atoms with Crippen LogP contribution in [0.3, 0.4) is 0 Å². The maximum Gasteiger partial charge on any atom is 0.208 e. The van der Waals surface area contributed by atoms with Gasteiger partial charge in [0.15, 0.2) is 10.7 Å². The van der Waals surface area contributed by atoms with Crippen LogP contribution in [0.1, 0.15) is 31.4 Å². The Morgan fingerprint density at radius 1 is 1.24 bits per heavy atom. The van der Waals surface area contributed by atoms with Gasteiger partial charge in [-0.15, -0.1) is 10.2 Å². The van der Waals surface area contributed by atoms with Crippen LogP contribution in [0.4, 0.5) is 10.8 Å². The van der Waals surface area contributed by atoms with Gasteiger partial charge in [-0.05, 0) is 31.7 Å². The van der Waals surface area contributed by atoms with Gasteiger partial charge >= 0.3 is 0 Å². The largest absolute Gasteiger partial charge is 0.382 e. The minimum atomic E-state index is 0.320. The molecule has 34 heavy (non-hydrogen) atoms. The third-order valence-corrected chi connectivity index (χ3v) is 7.67. The molecule has 2 saturated heterocycles. The number of quaternary nitrogens is 1. The van der Waals surface area contributed by atoms with Gasteiger partial charge in [0.25, 0.3) is 0 Å². The molecule has 9 nitrogen and oxygen atoms in total. The second-order valence-electron chi connectivity index (χ2n) is 9.26. The Labute approximate surface area is 201 Å². The second kappa shape index (κ2) is 8.76. The van der Waals surface area contributed by atoms with Crippen molar-refractivity contribution in [1.29, 1.82) is 10.7 Å². The summed E-state index contributed by atoms with van der Waals surface area (Å²) in [6.45, 7) is 1.99. The number of nitriles is 1. The summed E-state index contributed by atoms with van der Waals surface area (Å²) in [4.78, 5) is 7.12. The molecule has 3 aliphatic heterocycles.